The third-order valence-corrected chi connectivity index (χ3v) is 5.98. The van der Waals surface area contributed by atoms with Gasteiger partial charge in [0, 0.05) is 6.42 Å². The first-order chi connectivity index (χ1) is 17.0. The lowest BCUT2D eigenvalue weighted by Crippen LogP contribution is -2.57. The molecule has 5 atom stereocenters. The topological polar surface area (TPSA) is 246 Å². The maximum absolute atomic E-state index is 13.1. The third kappa shape index (κ3) is 13.4. The summed E-state index contributed by atoms with van der Waals surface area (Å²) in [6.07, 6.45) is 3.31. The standard InChI is InChI=1S/C23H45N7O6/c1-3-14(2)19(23(35)36)30-22(34)17(10-11-18(27)31)29-21(33)16(9-5-7-13-25)28-20(32)15(26)8-4-6-12-24/h14-17,19H,3-13,24-26H2,1-2H3,(H2,27,31)(H,28,32)(H,29,33)(H,30,34)(H,35,36). The first kappa shape index (κ1) is 33.2. The van der Waals surface area contributed by atoms with Crippen LogP contribution in [0.1, 0.15) is 71.6 Å². The Morgan fingerprint density at radius 2 is 1.28 bits per heavy atom. The number of carboxylic acid groups (broad SMARTS) is 1. The summed E-state index contributed by atoms with van der Waals surface area (Å²) >= 11 is 0. The quantitative estimate of drug-likeness (QED) is 0.0870. The molecule has 36 heavy (non-hydrogen) atoms. The molecule has 0 aliphatic heterocycles. The molecule has 0 saturated heterocycles. The van der Waals surface area contributed by atoms with Gasteiger partial charge in [-0.15, -0.1) is 0 Å². The lowest BCUT2D eigenvalue weighted by Gasteiger charge is -2.26. The van der Waals surface area contributed by atoms with Crippen molar-refractivity contribution >= 4 is 29.6 Å². The van der Waals surface area contributed by atoms with E-state index in [2.05, 4.69) is 16.0 Å². The highest BCUT2D eigenvalue weighted by Crippen LogP contribution is 2.10. The SMILES string of the molecule is CCC(C)C(NC(=O)C(CCC(N)=O)NC(=O)C(CCCCN)NC(=O)C(N)CCCCN)C(=O)O. The van der Waals surface area contributed by atoms with E-state index in [1.54, 1.807) is 13.8 Å². The van der Waals surface area contributed by atoms with E-state index in [-0.39, 0.29) is 25.2 Å². The van der Waals surface area contributed by atoms with Crippen molar-refractivity contribution in [1.82, 2.24) is 16.0 Å². The summed E-state index contributed by atoms with van der Waals surface area (Å²) in [5, 5.41) is 17.1. The van der Waals surface area contributed by atoms with Gasteiger partial charge >= 0.3 is 5.97 Å². The zero-order valence-corrected chi connectivity index (χ0v) is 21.5. The summed E-state index contributed by atoms with van der Waals surface area (Å²) in [6.45, 7) is 4.34. The molecule has 0 aromatic rings. The number of nitrogens with two attached hydrogens (primary N) is 4. The Bertz CT molecular complexity index is 721. The molecule has 0 aliphatic rings. The van der Waals surface area contributed by atoms with Gasteiger partial charge in [0.15, 0.2) is 0 Å². The highest BCUT2D eigenvalue weighted by atomic mass is 16.4. The molecular weight excluding hydrogens is 470 g/mol. The Hall–Kier alpha value is -2.77. The summed E-state index contributed by atoms with van der Waals surface area (Å²) < 4.78 is 0. The van der Waals surface area contributed by atoms with Crippen molar-refractivity contribution in [3.05, 3.63) is 0 Å². The van der Waals surface area contributed by atoms with Crippen LogP contribution < -0.4 is 38.9 Å². The predicted octanol–water partition coefficient (Wildman–Crippen LogP) is -1.58. The summed E-state index contributed by atoms with van der Waals surface area (Å²) in [5.74, 6) is -4.20. The fourth-order valence-corrected chi connectivity index (χ4v) is 3.44. The maximum Gasteiger partial charge on any atom is 0.326 e. The van der Waals surface area contributed by atoms with Crippen LogP contribution >= 0.6 is 0 Å². The van der Waals surface area contributed by atoms with Crippen molar-refractivity contribution in [1.29, 1.82) is 0 Å². The molecule has 0 saturated carbocycles. The van der Waals surface area contributed by atoms with Gasteiger partial charge in [0.25, 0.3) is 0 Å². The fraction of sp³-hybridized carbons (Fsp3) is 0.783. The number of aliphatic carboxylic acids is 1. The first-order valence-corrected chi connectivity index (χ1v) is 12.6. The second-order valence-electron chi connectivity index (χ2n) is 9.01. The Balaban J connectivity index is 5.56. The number of primary amides is 1. The van der Waals surface area contributed by atoms with Gasteiger partial charge in [0.1, 0.15) is 18.1 Å². The highest BCUT2D eigenvalue weighted by molar-refractivity contribution is 5.94. The third-order valence-electron chi connectivity index (χ3n) is 5.98. The summed E-state index contributed by atoms with van der Waals surface area (Å²) in [6, 6.07) is -4.24. The zero-order chi connectivity index (χ0) is 27.7. The van der Waals surface area contributed by atoms with Gasteiger partial charge in [0.2, 0.25) is 23.6 Å². The number of carbonyl (C=O) groups excluding carboxylic acids is 4. The van der Waals surface area contributed by atoms with E-state index in [1.165, 1.54) is 0 Å². The van der Waals surface area contributed by atoms with Crippen molar-refractivity contribution < 1.29 is 29.1 Å². The number of hydrogen-bond donors (Lipinski definition) is 8. The molecule has 0 fully saturated rings. The Morgan fingerprint density at radius 3 is 1.78 bits per heavy atom. The van der Waals surface area contributed by atoms with Crippen LogP contribution in [0.3, 0.4) is 0 Å². The van der Waals surface area contributed by atoms with Crippen LogP contribution in [0.4, 0.5) is 0 Å². The van der Waals surface area contributed by atoms with Gasteiger partial charge in [0.05, 0.1) is 6.04 Å². The van der Waals surface area contributed by atoms with Crippen LogP contribution in [-0.2, 0) is 24.0 Å². The maximum atomic E-state index is 13.1. The fourth-order valence-electron chi connectivity index (χ4n) is 3.44. The number of unbranched alkanes of at least 4 members (excludes halogenated alkanes) is 2. The van der Waals surface area contributed by atoms with E-state index in [1.807, 2.05) is 0 Å². The molecule has 208 valence electrons. The molecule has 0 aromatic heterocycles. The van der Waals surface area contributed by atoms with Crippen molar-refractivity contribution in [2.45, 2.75) is 95.8 Å². The summed E-state index contributed by atoms with van der Waals surface area (Å²) in [5.41, 5.74) is 22.2. The molecule has 4 amide bonds. The second-order valence-corrected chi connectivity index (χ2v) is 9.01. The Morgan fingerprint density at radius 1 is 0.778 bits per heavy atom. The van der Waals surface area contributed by atoms with Crippen LogP contribution in [0, 0.1) is 5.92 Å². The molecular formula is C23H45N7O6. The molecule has 0 rings (SSSR count). The Labute approximate surface area is 212 Å². The van der Waals surface area contributed by atoms with Crippen LogP contribution in [-0.4, -0.2) is 72.0 Å². The minimum Gasteiger partial charge on any atom is -0.480 e. The molecule has 0 heterocycles. The number of hydrogen-bond acceptors (Lipinski definition) is 8. The lowest BCUT2D eigenvalue weighted by molar-refractivity contribution is -0.144. The van der Waals surface area contributed by atoms with E-state index < -0.39 is 53.8 Å². The van der Waals surface area contributed by atoms with Crippen molar-refractivity contribution in [3.63, 3.8) is 0 Å². The van der Waals surface area contributed by atoms with Crippen LogP contribution in [0.15, 0.2) is 0 Å². The van der Waals surface area contributed by atoms with Gasteiger partial charge in [-0.2, -0.15) is 0 Å². The second kappa shape index (κ2) is 18.5. The smallest absolute Gasteiger partial charge is 0.326 e. The van der Waals surface area contributed by atoms with Crippen molar-refractivity contribution in [3.8, 4) is 0 Å². The highest BCUT2D eigenvalue weighted by Gasteiger charge is 2.32. The number of rotatable bonds is 20. The van der Waals surface area contributed by atoms with E-state index in [0.717, 1.165) is 0 Å². The van der Waals surface area contributed by atoms with Gasteiger partial charge in [-0.1, -0.05) is 26.7 Å². The largest absolute Gasteiger partial charge is 0.480 e. The minimum absolute atomic E-state index is 0.137. The minimum atomic E-state index is -1.23. The average Bonchev–Trinajstić information content (AvgIpc) is 2.83. The molecule has 13 heteroatoms. The normalized spacial score (nSPS) is 15.1. The zero-order valence-electron chi connectivity index (χ0n) is 21.5. The number of nitrogens with one attached hydrogen (secondary N) is 3. The molecule has 0 radical (unpaired) electrons. The van der Waals surface area contributed by atoms with Gasteiger partial charge in [-0.25, -0.2) is 4.79 Å². The van der Waals surface area contributed by atoms with Crippen molar-refractivity contribution in [2.75, 3.05) is 13.1 Å². The molecule has 12 N–H and O–H groups in total. The van der Waals surface area contributed by atoms with E-state index in [4.69, 9.17) is 22.9 Å². The van der Waals surface area contributed by atoms with Gasteiger partial charge < -0.3 is 44.0 Å². The monoisotopic (exact) mass is 515 g/mol. The number of amides is 4. The molecule has 13 nitrogen and oxygen atoms in total. The lowest BCUT2D eigenvalue weighted by atomic mass is 9.98. The molecule has 0 bridgehead atoms. The average molecular weight is 516 g/mol. The van der Waals surface area contributed by atoms with Crippen LogP contribution in [0.25, 0.3) is 0 Å². The first-order valence-electron chi connectivity index (χ1n) is 12.6. The summed E-state index contributed by atoms with van der Waals surface area (Å²) in [7, 11) is 0. The van der Waals surface area contributed by atoms with Gasteiger partial charge in [-0.05, 0) is 57.5 Å². The molecule has 5 unspecified atom stereocenters. The van der Waals surface area contributed by atoms with E-state index in [0.29, 0.717) is 51.6 Å². The van der Waals surface area contributed by atoms with Gasteiger partial charge in [-0.3, -0.25) is 19.2 Å². The number of carbonyl (C=O) groups is 5. The predicted molar refractivity (Wildman–Crippen MR) is 135 cm³/mol. The van der Waals surface area contributed by atoms with Crippen LogP contribution in [0.5, 0.6) is 0 Å². The van der Waals surface area contributed by atoms with E-state index in [9.17, 15) is 29.1 Å². The number of carboxylic acids is 1. The Kier molecular flexibility index (Phi) is 17.1. The van der Waals surface area contributed by atoms with Crippen molar-refractivity contribution in [2.24, 2.45) is 28.9 Å². The molecule has 0 aromatic carbocycles. The molecule has 0 aliphatic carbocycles. The summed E-state index contributed by atoms with van der Waals surface area (Å²) in [4.78, 5) is 61.5. The van der Waals surface area contributed by atoms with E-state index >= 15 is 0 Å². The molecule has 0 spiro atoms. The van der Waals surface area contributed by atoms with Crippen LogP contribution in [0.2, 0.25) is 0 Å².